The largest absolute Gasteiger partial charge is 0.493 e. The summed E-state index contributed by atoms with van der Waals surface area (Å²) >= 11 is 1.58. The Balaban J connectivity index is 0.00000384. The van der Waals surface area contributed by atoms with Gasteiger partial charge >= 0.3 is 0 Å². The smallest absolute Gasteiger partial charge is 0.243 e. The van der Waals surface area contributed by atoms with Gasteiger partial charge < -0.3 is 14.0 Å². The number of thiazole rings is 1. The standard InChI is InChI=1S/C34H35N3O4S2.BrH/c1-40-32-18-13-25(23-33(32)41-2)19-22-37-31(24-42-34(37)35-30-12-8-10-26-9-4-5-11-29(26)30)27-14-16-28(17-15-27)43(38,39)36-20-6-3-7-21-36;/h4-5,8-18,23-24H,3,6-7,19-22H2,1-2H3;1H. The summed E-state index contributed by atoms with van der Waals surface area (Å²) in [6, 6.07) is 27.7. The molecule has 0 N–H and O–H groups in total. The van der Waals surface area contributed by atoms with Gasteiger partial charge in [-0.1, -0.05) is 61.0 Å². The quantitative estimate of drug-likeness (QED) is 0.159. The van der Waals surface area contributed by atoms with Crippen LogP contribution in [0.5, 0.6) is 11.5 Å². The van der Waals surface area contributed by atoms with E-state index in [1.165, 1.54) is 0 Å². The van der Waals surface area contributed by atoms with Gasteiger partial charge in [-0.25, -0.2) is 13.4 Å². The monoisotopic (exact) mass is 693 g/mol. The van der Waals surface area contributed by atoms with Crippen LogP contribution in [0.1, 0.15) is 24.8 Å². The molecule has 44 heavy (non-hydrogen) atoms. The summed E-state index contributed by atoms with van der Waals surface area (Å²) in [7, 11) is -0.221. The zero-order chi connectivity index (χ0) is 29.8. The first-order valence-electron chi connectivity index (χ1n) is 14.5. The summed E-state index contributed by atoms with van der Waals surface area (Å²) < 4.78 is 41.3. The summed E-state index contributed by atoms with van der Waals surface area (Å²) in [6.45, 7) is 1.85. The number of piperidine rings is 1. The van der Waals surface area contributed by atoms with Gasteiger partial charge in [0.05, 0.1) is 30.5 Å². The van der Waals surface area contributed by atoms with Crippen LogP contribution >= 0.6 is 28.3 Å². The number of ether oxygens (including phenoxy) is 2. The Kier molecular flexibility index (Phi) is 10.3. The highest BCUT2D eigenvalue weighted by molar-refractivity contribution is 8.93. The summed E-state index contributed by atoms with van der Waals surface area (Å²) in [5.41, 5.74) is 3.96. The van der Waals surface area contributed by atoms with Crippen LogP contribution in [-0.2, 0) is 23.0 Å². The van der Waals surface area contributed by atoms with Crippen molar-refractivity contribution >= 4 is 54.8 Å². The number of sulfonamides is 1. The van der Waals surface area contributed by atoms with Crippen molar-refractivity contribution in [2.45, 2.75) is 37.1 Å². The van der Waals surface area contributed by atoms with E-state index in [0.29, 0.717) is 36.0 Å². The van der Waals surface area contributed by atoms with Crippen molar-refractivity contribution in [2.24, 2.45) is 4.99 Å². The van der Waals surface area contributed by atoms with E-state index in [0.717, 1.165) is 63.8 Å². The fraction of sp³-hybridized carbons (Fsp3) is 0.265. The van der Waals surface area contributed by atoms with E-state index in [-0.39, 0.29) is 17.0 Å². The number of aromatic nitrogens is 1. The topological polar surface area (TPSA) is 73.1 Å². The molecule has 6 rings (SSSR count). The number of benzene rings is 4. The maximum absolute atomic E-state index is 13.3. The molecule has 0 atom stereocenters. The van der Waals surface area contributed by atoms with Crippen molar-refractivity contribution < 1.29 is 17.9 Å². The average Bonchev–Trinajstić information content (AvgIpc) is 3.46. The zero-order valence-electron chi connectivity index (χ0n) is 24.8. The van der Waals surface area contributed by atoms with Crippen LogP contribution < -0.4 is 14.3 Å². The minimum atomic E-state index is -3.50. The molecule has 5 aromatic rings. The zero-order valence-corrected chi connectivity index (χ0v) is 28.2. The number of rotatable bonds is 9. The molecule has 0 radical (unpaired) electrons. The third-order valence-corrected chi connectivity index (χ3v) is 10.7. The van der Waals surface area contributed by atoms with Crippen molar-refractivity contribution in [3.8, 4) is 22.8 Å². The van der Waals surface area contributed by atoms with Gasteiger partial charge in [0.15, 0.2) is 16.3 Å². The van der Waals surface area contributed by atoms with Crippen LogP contribution in [-0.4, -0.2) is 44.6 Å². The second-order valence-corrected chi connectivity index (χ2v) is 13.4. The number of nitrogens with zero attached hydrogens (tertiary/aromatic N) is 3. The lowest BCUT2D eigenvalue weighted by Gasteiger charge is -2.25. The molecule has 1 aliphatic heterocycles. The Morgan fingerprint density at radius 2 is 1.57 bits per heavy atom. The van der Waals surface area contributed by atoms with Crippen LogP contribution in [0.15, 0.2) is 100 Å². The van der Waals surface area contributed by atoms with Gasteiger partial charge in [-0.3, -0.25) is 0 Å². The second-order valence-electron chi connectivity index (χ2n) is 10.6. The fourth-order valence-corrected chi connectivity index (χ4v) is 8.07. The van der Waals surface area contributed by atoms with Crippen LogP contribution in [0.25, 0.3) is 22.0 Å². The molecule has 2 heterocycles. The van der Waals surface area contributed by atoms with Crippen molar-refractivity contribution in [1.82, 2.24) is 8.87 Å². The number of hydrogen-bond donors (Lipinski definition) is 0. The lowest BCUT2D eigenvalue weighted by molar-refractivity contribution is 0.346. The molecule has 7 nitrogen and oxygen atoms in total. The molecule has 1 aromatic heterocycles. The lowest BCUT2D eigenvalue weighted by atomic mass is 10.1. The molecule has 10 heteroatoms. The normalized spacial score (nSPS) is 14.4. The maximum Gasteiger partial charge on any atom is 0.243 e. The summed E-state index contributed by atoms with van der Waals surface area (Å²) in [6.07, 6.45) is 3.65. The first-order chi connectivity index (χ1) is 21.0. The Morgan fingerprint density at radius 1 is 0.841 bits per heavy atom. The molecule has 1 aliphatic rings. The molecular weight excluding hydrogens is 658 g/mol. The maximum atomic E-state index is 13.3. The first-order valence-corrected chi connectivity index (χ1v) is 16.8. The predicted molar refractivity (Wildman–Crippen MR) is 183 cm³/mol. The molecule has 0 bridgehead atoms. The van der Waals surface area contributed by atoms with Crippen molar-refractivity contribution in [2.75, 3.05) is 27.3 Å². The second kappa shape index (κ2) is 14.1. The van der Waals surface area contributed by atoms with Gasteiger partial charge in [-0.15, -0.1) is 28.3 Å². The molecule has 0 aliphatic carbocycles. The number of hydrogen-bond acceptors (Lipinski definition) is 6. The molecule has 0 unspecified atom stereocenters. The van der Waals surface area contributed by atoms with E-state index >= 15 is 0 Å². The Hall–Kier alpha value is -3.44. The average molecular weight is 695 g/mol. The molecule has 230 valence electrons. The van der Waals surface area contributed by atoms with Gasteiger partial charge in [0, 0.05) is 30.4 Å². The fourth-order valence-electron chi connectivity index (χ4n) is 5.60. The highest BCUT2D eigenvalue weighted by atomic mass is 79.9. The Morgan fingerprint density at radius 3 is 2.32 bits per heavy atom. The van der Waals surface area contributed by atoms with E-state index in [1.807, 2.05) is 48.5 Å². The van der Waals surface area contributed by atoms with E-state index in [1.54, 1.807) is 42.0 Å². The molecule has 1 saturated heterocycles. The number of fused-ring (bicyclic) bond motifs is 1. The minimum Gasteiger partial charge on any atom is -0.493 e. The van der Waals surface area contributed by atoms with E-state index < -0.39 is 10.0 Å². The summed E-state index contributed by atoms with van der Waals surface area (Å²) in [5, 5.41) is 4.34. The van der Waals surface area contributed by atoms with Crippen LogP contribution in [0.2, 0.25) is 0 Å². The summed E-state index contributed by atoms with van der Waals surface area (Å²) in [4.78, 5) is 6.35. The molecule has 0 saturated carbocycles. The van der Waals surface area contributed by atoms with Crippen LogP contribution in [0, 0.1) is 0 Å². The van der Waals surface area contributed by atoms with Gasteiger partial charge in [0.1, 0.15) is 0 Å². The first kappa shape index (κ1) is 32.0. The van der Waals surface area contributed by atoms with E-state index in [9.17, 15) is 8.42 Å². The number of methoxy groups -OCH3 is 2. The summed E-state index contributed by atoms with van der Waals surface area (Å²) in [5.74, 6) is 1.39. The van der Waals surface area contributed by atoms with E-state index in [4.69, 9.17) is 14.5 Å². The van der Waals surface area contributed by atoms with Crippen molar-refractivity contribution in [3.05, 3.63) is 101 Å². The highest BCUT2D eigenvalue weighted by Crippen LogP contribution is 2.30. The van der Waals surface area contributed by atoms with Gasteiger partial charge in [0.2, 0.25) is 10.0 Å². The van der Waals surface area contributed by atoms with Gasteiger partial charge in [-0.2, -0.15) is 4.31 Å². The SMILES string of the molecule is Br.COc1ccc(CCn2c(-c3ccc(S(=O)(=O)N4CCCCC4)cc3)csc2=Nc2cccc3ccccc23)cc1OC. The van der Waals surface area contributed by atoms with Gasteiger partial charge in [-0.05, 0) is 66.1 Å². The molecule has 4 aromatic carbocycles. The molecule has 1 fully saturated rings. The molecule has 0 amide bonds. The van der Waals surface area contributed by atoms with E-state index in [2.05, 4.69) is 34.2 Å². The third kappa shape index (κ3) is 6.63. The van der Waals surface area contributed by atoms with Crippen molar-refractivity contribution in [1.29, 1.82) is 0 Å². The number of halogens is 1. The van der Waals surface area contributed by atoms with Gasteiger partial charge in [0.25, 0.3) is 0 Å². The minimum absolute atomic E-state index is 0. The van der Waals surface area contributed by atoms with Crippen molar-refractivity contribution in [3.63, 3.8) is 0 Å². The van der Waals surface area contributed by atoms with Crippen LogP contribution in [0.4, 0.5) is 5.69 Å². The third-order valence-electron chi connectivity index (χ3n) is 7.96. The predicted octanol–water partition coefficient (Wildman–Crippen LogP) is 7.61. The lowest BCUT2D eigenvalue weighted by Crippen LogP contribution is -2.35. The van der Waals surface area contributed by atoms with Crippen LogP contribution in [0.3, 0.4) is 0 Å². The molecule has 0 spiro atoms. The Labute approximate surface area is 273 Å². The Bertz CT molecular complexity index is 1910. The number of aryl methyl sites for hydroxylation is 1. The molecular formula is C34H36BrN3O4S2. The highest BCUT2D eigenvalue weighted by Gasteiger charge is 2.26.